The molecule has 0 spiro atoms. The summed E-state index contributed by atoms with van der Waals surface area (Å²) in [7, 11) is 0. The molecule has 1 unspecified atom stereocenters. The highest BCUT2D eigenvalue weighted by molar-refractivity contribution is 5.74. The molecule has 0 aliphatic carbocycles. The summed E-state index contributed by atoms with van der Waals surface area (Å²) in [6, 6.07) is 7.99. The Bertz CT molecular complexity index is 441. The molecular weight excluding hydrogens is 264 g/mol. The van der Waals surface area contributed by atoms with E-state index in [0.29, 0.717) is 6.54 Å². The van der Waals surface area contributed by atoms with Gasteiger partial charge in [-0.2, -0.15) is 0 Å². The zero-order chi connectivity index (χ0) is 15.9. The molecule has 0 heterocycles. The van der Waals surface area contributed by atoms with Gasteiger partial charge in [0, 0.05) is 13.2 Å². The van der Waals surface area contributed by atoms with E-state index in [-0.39, 0.29) is 24.1 Å². The van der Waals surface area contributed by atoms with Gasteiger partial charge in [0.05, 0.1) is 6.04 Å². The van der Waals surface area contributed by atoms with Crippen LogP contribution in [0.3, 0.4) is 0 Å². The Morgan fingerprint density at radius 2 is 1.90 bits per heavy atom. The minimum absolute atomic E-state index is 0.0144. The van der Waals surface area contributed by atoms with Gasteiger partial charge in [0.2, 0.25) is 0 Å². The van der Waals surface area contributed by atoms with Gasteiger partial charge in [0.25, 0.3) is 0 Å². The fourth-order valence-corrected chi connectivity index (χ4v) is 2.03. The number of hydrogen-bond donors (Lipinski definition) is 3. The fourth-order valence-electron chi connectivity index (χ4n) is 2.03. The first-order chi connectivity index (χ1) is 9.84. The van der Waals surface area contributed by atoms with E-state index in [1.54, 1.807) is 0 Å². The minimum atomic E-state index is -0.148. The minimum Gasteiger partial charge on any atom is -0.396 e. The van der Waals surface area contributed by atoms with Crippen LogP contribution in [0.2, 0.25) is 0 Å². The lowest BCUT2D eigenvalue weighted by Crippen LogP contribution is -2.37. The molecule has 4 nitrogen and oxygen atoms in total. The Labute approximate surface area is 128 Å². The van der Waals surface area contributed by atoms with E-state index in [0.717, 1.165) is 18.4 Å². The van der Waals surface area contributed by atoms with E-state index in [2.05, 4.69) is 10.6 Å². The first-order valence-corrected chi connectivity index (χ1v) is 7.56. The highest BCUT2D eigenvalue weighted by Gasteiger charge is 2.15. The van der Waals surface area contributed by atoms with Crippen molar-refractivity contribution in [2.24, 2.45) is 5.41 Å². The first kappa shape index (κ1) is 17.5. The number of rotatable bonds is 7. The van der Waals surface area contributed by atoms with Crippen molar-refractivity contribution in [1.29, 1.82) is 0 Å². The summed E-state index contributed by atoms with van der Waals surface area (Å²) in [5.41, 5.74) is 2.23. The largest absolute Gasteiger partial charge is 0.396 e. The molecule has 1 aromatic carbocycles. The average Bonchev–Trinajstić information content (AvgIpc) is 2.44. The fraction of sp³-hybridized carbons (Fsp3) is 0.588. The molecule has 1 aromatic rings. The van der Waals surface area contributed by atoms with Crippen LogP contribution in [0, 0.1) is 12.3 Å². The van der Waals surface area contributed by atoms with Crippen molar-refractivity contribution in [3.63, 3.8) is 0 Å². The number of aryl methyl sites for hydroxylation is 1. The van der Waals surface area contributed by atoms with Crippen LogP contribution in [0.15, 0.2) is 24.3 Å². The van der Waals surface area contributed by atoms with Gasteiger partial charge in [-0.05, 0) is 37.7 Å². The second kappa shape index (κ2) is 8.03. The lowest BCUT2D eigenvalue weighted by Gasteiger charge is -2.21. The predicted molar refractivity (Wildman–Crippen MR) is 86.2 cm³/mol. The number of aliphatic hydroxyl groups is 1. The number of amides is 2. The van der Waals surface area contributed by atoms with Crippen LogP contribution in [0.25, 0.3) is 0 Å². The molecule has 0 saturated carbocycles. The van der Waals surface area contributed by atoms with Crippen molar-refractivity contribution >= 4 is 6.03 Å². The molecule has 21 heavy (non-hydrogen) atoms. The number of hydrogen-bond acceptors (Lipinski definition) is 2. The average molecular weight is 292 g/mol. The van der Waals surface area contributed by atoms with Crippen LogP contribution in [-0.4, -0.2) is 24.3 Å². The third-order valence-corrected chi connectivity index (χ3v) is 3.67. The molecule has 4 heteroatoms. The van der Waals surface area contributed by atoms with Crippen LogP contribution in [0.1, 0.15) is 50.8 Å². The second-order valence-electron chi connectivity index (χ2n) is 6.46. The monoisotopic (exact) mass is 292 g/mol. The first-order valence-electron chi connectivity index (χ1n) is 7.56. The number of benzene rings is 1. The zero-order valence-electron chi connectivity index (χ0n) is 13.6. The van der Waals surface area contributed by atoms with Crippen molar-refractivity contribution in [2.45, 2.75) is 46.6 Å². The van der Waals surface area contributed by atoms with Gasteiger partial charge in [-0.15, -0.1) is 0 Å². The summed E-state index contributed by atoms with van der Waals surface area (Å²) in [6.45, 7) is 8.85. The van der Waals surface area contributed by atoms with Crippen molar-refractivity contribution in [3.8, 4) is 0 Å². The topological polar surface area (TPSA) is 61.4 Å². The van der Waals surface area contributed by atoms with Gasteiger partial charge < -0.3 is 15.7 Å². The van der Waals surface area contributed by atoms with Crippen LogP contribution in [-0.2, 0) is 0 Å². The molecule has 3 N–H and O–H groups in total. The Balaban J connectivity index is 2.29. The number of aliphatic hydroxyl groups excluding tert-OH is 1. The zero-order valence-corrected chi connectivity index (χ0v) is 13.6. The van der Waals surface area contributed by atoms with E-state index in [4.69, 9.17) is 5.11 Å². The maximum atomic E-state index is 11.8. The predicted octanol–water partition coefficient (Wildman–Crippen LogP) is 3.15. The number of urea groups is 1. The van der Waals surface area contributed by atoms with Gasteiger partial charge in [0.1, 0.15) is 0 Å². The molecule has 2 amide bonds. The normalized spacial score (nSPS) is 12.8. The van der Waals surface area contributed by atoms with Crippen molar-refractivity contribution in [2.75, 3.05) is 13.2 Å². The Kier molecular flexibility index (Phi) is 6.69. The van der Waals surface area contributed by atoms with E-state index >= 15 is 0 Å². The van der Waals surface area contributed by atoms with Gasteiger partial charge in [-0.1, -0.05) is 43.7 Å². The van der Waals surface area contributed by atoms with Gasteiger partial charge >= 0.3 is 6.03 Å². The van der Waals surface area contributed by atoms with Crippen LogP contribution < -0.4 is 10.6 Å². The van der Waals surface area contributed by atoms with E-state index in [1.807, 2.05) is 52.0 Å². The third-order valence-electron chi connectivity index (χ3n) is 3.67. The lowest BCUT2D eigenvalue weighted by atomic mass is 9.89. The lowest BCUT2D eigenvalue weighted by molar-refractivity contribution is 0.148. The summed E-state index contributed by atoms with van der Waals surface area (Å²) >= 11 is 0. The smallest absolute Gasteiger partial charge is 0.315 e. The van der Waals surface area contributed by atoms with Gasteiger partial charge in [0.15, 0.2) is 0 Å². The number of carbonyl (C=O) groups is 1. The molecule has 0 fully saturated rings. The van der Waals surface area contributed by atoms with Gasteiger partial charge in [-0.3, -0.25) is 0 Å². The third kappa shape index (κ3) is 6.63. The highest BCUT2D eigenvalue weighted by atomic mass is 16.3. The Morgan fingerprint density at radius 1 is 1.29 bits per heavy atom. The second-order valence-corrected chi connectivity index (χ2v) is 6.46. The molecular formula is C17H28N2O2. The maximum Gasteiger partial charge on any atom is 0.315 e. The number of carbonyl (C=O) groups excluding carboxylic acids is 1. The molecule has 1 rings (SSSR count). The Hall–Kier alpha value is -1.55. The summed E-state index contributed by atoms with van der Waals surface area (Å²) < 4.78 is 0. The molecule has 0 radical (unpaired) electrons. The summed E-state index contributed by atoms with van der Waals surface area (Å²) in [6.07, 6.45) is 1.75. The maximum absolute atomic E-state index is 11.8. The quantitative estimate of drug-likeness (QED) is 0.676. The molecule has 0 bridgehead atoms. The SMILES string of the molecule is Cc1ccc(C(C)NC(=O)NCCCC(C)(C)CO)cc1. The molecule has 118 valence electrons. The van der Waals surface area contributed by atoms with E-state index in [1.165, 1.54) is 5.56 Å². The van der Waals surface area contributed by atoms with Crippen molar-refractivity contribution in [1.82, 2.24) is 10.6 Å². The summed E-state index contributed by atoms with van der Waals surface area (Å²) in [5.74, 6) is 0. The van der Waals surface area contributed by atoms with E-state index in [9.17, 15) is 4.79 Å². The van der Waals surface area contributed by atoms with Crippen LogP contribution in [0.4, 0.5) is 4.79 Å². The van der Waals surface area contributed by atoms with Crippen LogP contribution in [0.5, 0.6) is 0 Å². The van der Waals surface area contributed by atoms with Gasteiger partial charge in [-0.25, -0.2) is 4.79 Å². The molecule has 0 aromatic heterocycles. The summed E-state index contributed by atoms with van der Waals surface area (Å²) in [4.78, 5) is 11.8. The summed E-state index contributed by atoms with van der Waals surface area (Å²) in [5, 5.41) is 15.0. The molecule has 0 aliphatic rings. The highest BCUT2D eigenvalue weighted by Crippen LogP contribution is 2.20. The van der Waals surface area contributed by atoms with E-state index < -0.39 is 0 Å². The molecule has 1 atom stereocenters. The number of nitrogens with one attached hydrogen (secondary N) is 2. The Morgan fingerprint density at radius 3 is 2.48 bits per heavy atom. The van der Waals surface area contributed by atoms with Crippen molar-refractivity contribution in [3.05, 3.63) is 35.4 Å². The standard InChI is InChI=1S/C17H28N2O2/c1-13-6-8-15(9-7-13)14(2)19-16(21)18-11-5-10-17(3,4)12-20/h6-9,14,20H,5,10-12H2,1-4H3,(H2,18,19,21). The van der Waals surface area contributed by atoms with Crippen LogP contribution >= 0.6 is 0 Å². The van der Waals surface area contributed by atoms with Crippen molar-refractivity contribution < 1.29 is 9.90 Å². The molecule has 0 aliphatic heterocycles. The molecule has 0 saturated heterocycles.